The summed E-state index contributed by atoms with van der Waals surface area (Å²) in [6, 6.07) is 27.2. The fourth-order valence-electron chi connectivity index (χ4n) is 3.70. The molecule has 1 N–H and O–H groups in total. The van der Waals surface area contributed by atoms with Crippen molar-refractivity contribution in [1.29, 1.82) is 0 Å². The van der Waals surface area contributed by atoms with Crippen LogP contribution in [0.4, 0.5) is 0 Å². The van der Waals surface area contributed by atoms with Crippen LogP contribution in [0, 0.1) is 0 Å². The number of rotatable bonds is 6. The van der Waals surface area contributed by atoms with E-state index in [2.05, 4.69) is 5.32 Å². The topological polar surface area (TPSA) is 46.9 Å². The van der Waals surface area contributed by atoms with Crippen LogP contribution in [0.2, 0.25) is 5.02 Å². The van der Waals surface area contributed by atoms with Gasteiger partial charge in [-0.05, 0) is 31.5 Å². The molecule has 5 heteroatoms. The molecule has 156 valence electrons. The number of benzene rings is 3. The van der Waals surface area contributed by atoms with Crippen LogP contribution in [-0.2, 0) is 6.54 Å². The number of hydrogen-bond donors (Lipinski definition) is 1. The van der Waals surface area contributed by atoms with E-state index in [1.807, 2.05) is 103 Å². The number of carbonyl (C=O) groups excluding carboxylic acids is 1. The minimum absolute atomic E-state index is 0.155. The molecule has 0 aliphatic rings. The van der Waals surface area contributed by atoms with Crippen LogP contribution in [0.3, 0.4) is 0 Å². The predicted molar refractivity (Wildman–Crippen MR) is 126 cm³/mol. The monoisotopic (exact) mass is 429 g/mol. The van der Waals surface area contributed by atoms with Gasteiger partial charge in [-0.25, -0.2) is 4.98 Å². The molecule has 0 aliphatic heterocycles. The summed E-state index contributed by atoms with van der Waals surface area (Å²) in [4.78, 5) is 18.4. The van der Waals surface area contributed by atoms with Gasteiger partial charge in [-0.2, -0.15) is 0 Å². The van der Waals surface area contributed by atoms with Gasteiger partial charge in [-0.1, -0.05) is 84.4 Å². The summed E-state index contributed by atoms with van der Waals surface area (Å²) in [5.74, 6) is 0.629. The Bertz CT molecular complexity index is 1170. The molecular formula is C26H24ClN3O. The van der Waals surface area contributed by atoms with E-state index in [9.17, 15) is 4.79 Å². The largest absolute Gasteiger partial charge is 0.344 e. The number of halogens is 1. The molecule has 0 fully saturated rings. The SMILES string of the molecule is CCn1c(-c2ccccc2)nc(-c2ccccc2)c1C(=O)NC(C)c1ccc(Cl)cc1. The molecule has 4 rings (SSSR count). The van der Waals surface area contributed by atoms with E-state index in [1.54, 1.807) is 0 Å². The van der Waals surface area contributed by atoms with Crippen LogP contribution in [-0.4, -0.2) is 15.5 Å². The summed E-state index contributed by atoms with van der Waals surface area (Å²) < 4.78 is 1.99. The van der Waals surface area contributed by atoms with Crippen molar-refractivity contribution in [2.75, 3.05) is 0 Å². The molecule has 31 heavy (non-hydrogen) atoms. The Labute approximate surface area is 187 Å². The maximum Gasteiger partial charge on any atom is 0.270 e. The second-order valence-electron chi connectivity index (χ2n) is 7.36. The van der Waals surface area contributed by atoms with E-state index in [0.29, 0.717) is 23.0 Å². The van der Waals surface area contributed by atoms with E-state index in [-0.39, 0.29) is 11.9 Å². The molecule has 0 saturated carbocycles. The van der Waals surface area contributed by atoms with Gasteiger partial charge in [0.25, 0.3) is 5.91 Å². The molecular weight excluding hydrogens is 406 g/mol. The van der Waals surface area contributed by atoms with Gasteiger partial charge >= 0.3 is 0 Å². The number of carbonyl (C=O) groups is 1. The van der Waals surface area contributed by atoms with Crippen molar-refractivity contribution in [3.8, 4) is 22.6 Å². The minimum Gasteiger partial charge on any atom is -0.344 e. The lowest BCUT2D eigenvalue weighted by Gasteiger charge is -2.16. The number of hydrogen-bond acceptors (Lipinski definition) is 2. The first-order chi connectivity index (χ1) is 15.1. The highest BCUT2D eigenvalue weighted by molar-refractivity contribution is 6.30. The highest BCUT2D eigenvalue weighted by Gasteiger charge is 2.25. The van der Waals surface area contributed by atoms with Crippen molar-refractivity contribution in [2.24, 2.45) is 0 Å². The molecule has 1 unspecified atom stereocenters. The Balaban J connectivity index is 1.78. The zero-order valence-corrected chi connectivity index (χ0v) is 18.3. The van der Waals surface area contributed by atoms with Crippen molar-refractivity contribution < 1.29 is 4.79 Å². The minimum atomic E-state index is -0.172. The van der Waals surface area contributed by atoms with Gasteiger partial charge in [0.2, 0.25) is 0 Å². The molecule has 0 spiro atoms. The third-order valence-corrected chi connectivity index (χ3v) is 5.55. The van der Waals surface area contributed by atoms with Gasteiger partial charge in [0.1, 0.15) is 17.2 Å². The maximum atomic E-state index is 13.5. The predicted octanol–water partition coefficient (Wildman–Crippen LogP) is 6.38. The standard InChI is InChI=1S/C26H24ClN3O/c1-3-30-24(26(31)28-18(2)19-14-16-22(27)17-15-19)23(20-10-6-4-7-11-20)29-25(30)21-12-8-5-9-13-21/h4-18H,3H2,1-2H3,(H,28,31). The fraction of sp³-hybridized carbons (Fsp3) is 0.154. The second kappa shape index (κ2) is 9.19. The molecule has 0 bridgehead atoms. The van der Waals surface area contributed by atoms with E-state index in [0.717, 1.165) is 22.5 Å². The maximum absolute atomic E-state index is 13.5. The first-order valence-electron chi connectivity index (χ1n) is 10.4. The highest BCUT2D eigenvalue weighted by atomic mass is 35.5. The van der Waals surface area contributed by atoms with Gasteiger partial charge < -0.3 is 9.88 Å². The molecule has 1 aromatic heterocycles. The van der Waals surface area contributed by atoms with Gasteiger partial charge in [-0.3, -0.25) is 4.79 Å². The fourth-order valence-corrected chi connectivity index (χ4v) is 3.82. The molecule has 0 radical (unpaired) electrons. The van der Waals surface area contributed by atoms with Gasteiger partial charge in [-0.15, -0.1) is 0 Å². The number of nitrogens with zero attached hydrogens (tertiary/aromatic N) is 2. The summed E-state index contributed by atoms with van der Waals surface area (Å²) in [6.07, 6.45) is 0. The molecule has 4 aromatic rings. The lowest BCUT2D eigenvalue weighted by atomic mass is 10.1. The van der Waals surface area contributed by atoms with Crippen molar-refractivity contribution in [3.05, 3.63) is 101 Å². The van der Waals surface area contributed by atoms with E-state index in [1.165, 1.54) is 0 Å². The molecule has 1 amide bonds. The molecule has 3 aromatic carbocycles. The first kappa shape index (κ1) is 20.9. The van der Waals surface area contributed by atoms with E-state index in [4.69, 9.17) is 16.6 Å². The number of imidazole rings is 1. The average molecular weight is 430 g/mol. The zero-order valence-electron chi connectivity index (χ0n) is 17.5. The van der Waals surface area contributed by atoms with Crippen molar-refractivity contribution in [1.82, 2.24) is 14.9 Å². The molecule has 0 aliphatic carbocycles. The van der Waals surface area contributed by atoms with Gasteiger partial charge in [0.05, 0.1) is 6.04 Å². The van der Waals surface area contributed by atoms with Gasteiger partial charge in [0, 0.05) is 22.7 Å². The number of amides is 1. The Kier molecular flexibility index (Phi) is 6.19. The molecule has 0 saturated heterocycles. The summed E-state index contributed by atoms with van der Waals surface area (Å²) in [5.41, 5.74) is 4.13. The lowest BCUT2D eigenvalue weighted by Crippen LogP contribution is -2.29. The average Bonchev–Trinajstić information content (AvgIpc) is 3.20. The summed E-state index contributed by atoms with van der Waals surface area (Å²) in [7, 11) is 0. The van der Waals surface area contributed by atoms with Crippen LogP contribution in [0.25, 0.3) is 22.6 Å². The molecule has 4 nitrogen and oxygen atoms in total. The summed E-state index contributed by atoms with van der Waals surface area (Å²) >= 11 is 6.01. The third kappa shape index (κ3) is 4.39. The van der Waals surface area contributed by atoms with Crippen molar-refractivity contribution in [3.63, 3.8) is 0 Å². The Morgan fingerprint density at radius 2 is 1.52 bits per heavy atom. The Hall–Kier alpha value is -3.37. The van der Waals surface area contributed by atoms with Crippen LogP contribution in [0.5, 0.6) is 0 Å². The Morgan fingerprint density at radius 3 is 2.10 bits per heavy atom. The first-order valence-corrected chi connectivity index (χ1v) is 10.7. The molecule has 1 atom stereocenters. The van der Waals surface area contributed by atoms with Gasteiger partial charge in [0.15, 0.2) is 0 Å². The number of nitrogens with one attached hydrogen (secondary N) is 1. The van der Waals surface area contributed by atoms with E-state index >= 15 is 0 Å². The van der Waals surface area contributed by atoms with Crippen molar-refractivity contribution >= 4 is 17.5 Å². The second-order valence-corrected chi connectivity index (χ2v) is 7.79. The smallest absolute Gasteiger partial charge is 0.270 e. The van der Waals surface area contributed by atoms with Crippen LogP contribution < -0.4 is 5.32 Å². The van der Waals surface area contributed by atoms with Crippen molar-refractivity contribution in [2.45, 2.75) is 26.4 Å². The van der Waals surface area contributed by atoms with Crippen LogP contribution >= 0.6 is 11.6 Å². The van der Waals surface area contributed by atoms with E-state index < -0.39 is 0 Å². The summed E-state index contributed by atoms with van der Waals surface area (Å²) in [5, 5.41) is 3.81. The third-order valence-electron chi connectivity index (χ3n) is 5.30. The normalized spacial score (nSPS) is 11.8. The number of aromatic nitrogens is 2. The van der Waals surface area contributed by atoms with Crippen LogP contribution in [0.15, 0.2) is 84.9 Å². The molecule has 1 heterocycles. The summed E-state index contributed by atoms with van der Waals surface area (Å²) in [6.45, 7) is 4.62. The quantitative estimate of drug-likeness (QED) is 0.386. The zero-order chi connectivity index (χ0) is 21.8. The Morgan fingerprint density at radius 1 is 0.935 bits per heavy atom. The van der Waals surface area contributed by atoms with Crippen LogP contribution in [0.1, 0.15) is 35.9 Å². The highest BCUT2D eigenvalue weighted by Crippen LogP contribution is 2.30. The lowest BCUT2D eigenvalue weighted by molar-refractivity contribution is 0.0931.